The number of anilines is 1. The second-order valence-corrected chi connectivity index (χ2v) is 6.75. The van der Waals surface area contributed by atoms with Crippen molar-refractivity contribution < 1.29 is 19.1 Å². The summed E-state index contributed by atoms with van der Waals surface area (Å²) in [5, 5.41) is 14.8. The lowest BCUT2D eigenvalue weighted by molar-refractivity contribution is -0.114. The lowest BCUT2D eigenvalue weighted by Gasteiger charge is -2.11. The molecule has 0 aliphatic rings. The van der Waals surface area contributed by atoms with E-state index in [9.17, 15) is 9.59 Å². The lowest BCUT2D eigenvalue weighted by atomic mass is 10.3. The number of aromatic nitrogens is 4. The van der Waals surface area contributed by atoms with Crippen molar-refractivity contribution in [3.05, 3.63) is 34.8 Å². The van der Waals surface area contributed by atoms with Crippen molar-refractivity contribution in [3.63, 3.8) is 0 Å². The summed E-state index contributed by atoms with van der Waals surface area (Å²) in [5.74, 6) is -0.784. The van der Waals surface area contributed by atoms with Crippen LogP contribution in [0.5, 0.6) is 11.6 Å². The number of carbonyl (C=O) groups excluding carboxylic acids is 2. The Morgan fingerprint density at radius 3 is 2.62 bits per heavy atom. The van der Waals surface area contributed by atoms with E-state index in [1.54, 1.807) is 30.9 Å². The number of rotatable bonds is 6. The Kier molecular flexibility index (Phi) is 7.04. The average molecular weight is 477 g/mol. The van der Waals surface area contributed by atoms with E-state index in [0.29, 0.717) is 11.2 Å². The van der Waals surface area contributed by atoms with Gasteiger partial charge in [-0.1, -0.05) is 23.2 Å². The Bertz CT molecular complexity index is 1240. The molecule has 1 aromatic carbocycles. The standard InChI is InChI=1S/C18H14Cl2N8O4/c1-3-31-18(30)25-16(29)12(6-21)27-26-9-4-10(19)14(11(20)5-9)32-17-13-15(22-7-23-17)28(2)8-24-13/h4-5,7-8,26H,3H2,1-2H3,(H,25,29,30). The van der Waals surface area contributed by atoms with Crippen molar-refractivity contribution in [2.24, 2.45) is 12.1 Å². The predicted octanol–water partition coefficient (Wildman–Crippen LogP) is 3.03. The van der Waals surface area contributed by atoms with Crippen LogP contribution in [0.2, 0.25) is 10.0 Å². The van der Waals surface area contributed by atoms with E-state index in [4.69, 9.17) is 33.2 Å². The van der Waals surface area contributed by atoms with Gasteiger partial charge < -0.3 is 14.0 Å². The average Bonchev–Trinajstić information content (AvgIpc) is 3.13. The number of fused-ring (bicyclic) bond motifs is 1. The van der Waals surface area contributed by atoms with Gasteiger partial charge >= 0.3 is 6.09 Å². The second kappa shape index (κ2) is 9.90. The fraction of sp³-hybridized carbons (Fsp3) is 0.167. The van der Waals surface area contributed by atoms with Gasteiger partial charge in [0.15, 0.2) is 16.9 Å². The number of imide groups is 1. The minimum absolute atomic E-state index is 0.0582. The largest absolute Gasteiger partial charge is 0.450 e. The van der Waals surface area contributed by atoms with Crippen molar-refractivity contribution in [3.8, 4) is 17.7 Å². The zero-order chi connectivity index (χ0) is 23.3. The van der Waals surface area contributed by atoms with Crippen LogP contribution in [0.3, 0.4) is 0 Å². The van der Waals surface area contributed by atoms with E-state index in [-0.39, 0.29) is 34.0 Å². The second-order valence-electron chi connectivity index (χ2n) is 5.94. The third kappa shape index (κ3) is 5.02. The summed E-state index contributed by atoms with van der Waals surface area (Å²) in [6.45, 7) is 1.62. The number of nitrogens with zero attached hydrogens (tertiary/aromatic N) is 6. The molecule has 2 N–H and O–H groups in total. The third-order valence-corrected chi connectivity index (χ3v) is 4.33. The first-order chi connectivity index (χ1) is 15.3. The molecule has 0 bridgehead atoms. The van der Waals surface area contributed by atoms with Crippen LogP contribution < -0.4 is 15.5 Å². The van der Waals surface area contributed by atoms with Crippen molar-refractivity contribution in [1.29, 1.82) is 5.26 Å². The van der Waals surface area contributed by atoms with Gasteiger partial charge in [0.05, 0.1) is 28.7 Å². The highest BCUT2D eigenvalue weighted by Crippen LogP contribution is 2.39. The summed E-state index contributed by atoms with van der Waals surface area (Å²) in [7, 11) is 1.77. The van der Waals surface area contributed by atoms with E-state index in [0.717, 1.165) is 0 Å². The summed E-state index contributed by atoms with van der Waals surface area (Å²) in [6.07, 6.45) is 1.88. The minimum Gasteiger partial charge on any atom is -0.450 e. The molecule has 0 fully saturated rings. The first-order valence-corrected chi connectivity index (χ1v) is 9.60. The van der Waals surface area contributed by atoms with Gasteiger partial charge in [0.2, 0.25) is 5.71 Å². The van der Waals surface area contributed by atoms with Gasteiger partial charge in [-0.2, -0.15) is 15.3 Å². The maximum Gasteiger partial charge on any atom is 0.414 e. The van der Waals surface area contributed by atoms with Gasteiger partial charge in [-0.25, -0.2) is 14.8 Å². The number of hydrazone groups is 1. The monoisotopic (exact) mass is 476 g/mol. The molecule has 14 heteroatoms. The molecule has 2 amide bonds. The number of amides is 2. The van der Waals surface area contributed by atoms with Crippen molar-refractivity contribution in [2.45, 2.75) is 6.92 Å². The highest BCUT2D eigenvalue weighted by molar-refractivity contribution is 6.47. The Balaban J connectivity index is 1.79. The number of carbonyl (C=O) groups is 2. The zero-order valence-electron chi connectivity index (χ0n) is 16.6. The molecule has 3 aromatic rings. The Morgan fingerprint density at radius 2 is 1.97 bits per heavy atom. The smallest absolute Gasteiger partial charge is 0.414 e. The van der Waals surface area contributed by atoms with E-state index in [2.05, 4.69) is 30.2 Å². The molecule has 0 spiro atoms. The van der Waals surface area contributed by atoms with E-state index < -0.39 is 17.7 Å². The van der Waals surface area contributed by atoms with Crippen molar-refractivity contribution >= 4 is 57.8 Å². The molecule has 0 aliphatic carbocycles. The van der Waals surface area contributed by atoms with Crippen molar-refractivity contribution in [2.75, 3.05) is 12.0 Å². The van der Waals surface area contributed by atoms with Crippen LogP contribution in [0.15, 0.2) is 29.9 Å². The first kappa shape index (κ1) is 22.7. The van der Waals surface area contributed by atoms with Gasteiger partial charge in [0.25, 0.3) is 11.8 Å². The first-order valence-electron chi connectivity index (χ1n) is 8.84. The highest BCUT2D eigenvalue weighted by Gasteiger charge is 2.17. The van der Waals surface area contributed by atoms with Crippen LogP contribution in [-0.4, -0.2) is 43.8 Å². The number of aryl methyl sites for hydroxylation is 1. The number of ether oxygens (including phenoxy) is 2. The zero-order valence-corrected chi connectivity index (χ0v) is 18.1. The number of hydrogen-bond acceptors (Lipinski definition) is 10. The lowest BCUT2D eigenvalue weighted by Crippen LogP contribution is -2.36. The van der Waals surface area contributed by atoms with Crippen LogP contribution in [0.4, 0.5) is 10.5 Å². The molecule has 0 saturated carbocycles. The summed E-state index contributed by atoms with van der Waals surface area (Å²) in [4.78, 5) is 35.6. The van der Waals surface area contributed by atoms with Gasteiger partial charge in [-0.3, -0.25) is 15.5 Å². The van der Waals surface area contributed by atoms with Crippen LogP contribution in [0.25, 0.3) is 11.2 Å². The van der Waals surface area contributed by atoms with Gasteiger partial charge in [0, 0.05) is 7.05 Å². The van der Waals surface area contributed by atoms with Crippen molar-refractivity contribution in [1.82, 2.24) is 24.8 Å². The fourth-order valence-electron chi connectivity index (χ4n) is 2.38. The Hall–Kier alpha value is -3.95. The number of nitrogens with one attached hydrogen (secondary N) is 2. The van der Waals surface area contributed by atoms with Gasteiger partial charge in [-0.15, -0.1) is 0 Å². The number of benzene rings is 1. The maximum atomic E-state index is 11.9. The maximum absolute atomic E-state index is 11.9. The summed E-state index contributed by atoms with van der Waals surface area (Å²) >= 11 is 12.6. The third-order valence-electron chi connectivity index (χ3n) is 3.77. The van der Waals surface area contributed by atoms with E-state index in [1.807, 2.05) is 5.32 Å². The molecular formula is C18H14Cl2N8O4. The van der Waals surface area contributed by atoms with Gasteiger partial charge in [0.1, 0.15) is 12.4 Å². The molecule has 0 radical (unpaired) electrons. The number of hydrogen-bond donors (Lipinski definition) is 2. The number of imidazole rings is 1. The topological polar surface area (TPSA) is 156 Å². The number of alkyl carbamates (subject to hydrolysis) is 1. The van der Waals surface area contributed by atoms with Gasteiger partial charge in [-0.05, 0) is 19.1 Å². The molecular weight excluding hydrogens is 463 g/mol. The molecule has 0 atom stereocenters. The minimum atomic E-state index is -1.04. The molecule has 12 nitrogen and oxygen atoms in total. The van der Waals surface area contributed by atoms with Crippen LogP contribution in [0.1, 0.15) is 6.92 Å². The molecule has 0 saturated heterocycles. The fourth-order valence-corrected chi connectivity index (χ4v) is 2.95. The van der Waals surface area contributed by atoms with E-state index >= 15 is 0 Å². The molecule has 2 aromatic heterocycles. The summed E-state index contributed by atoms with van der Waals surface area (Å²) in [5.41, 5.74) is 3.07. The predicted molar refractivity (Wildman–Crippen MR) is 115 cm³/mol. The van der Waals surface area contributed by atoms with Crippen LogP contribution in [-0.2, 0) is 16.6 Å². The molecule has 0 aliphatic heterocycles. The Morgan fingerprint density at radius 1 is 1.25 bits per heavy atom. The number of halogens is 2. The Labute approximate surface area is 190 Å². The molecule has 32 heavy (non-hydrogen) atoms. The van der Waals surface area contributed by atoms with Crippen LogP contribution in [0, 0.1) is 11.3 Å². The van der Waals surface area contributed by atoms with Crippen LogP contribution >= 0.6 is 23.2 Å². The SMILES string of the molecule is CCOC(=O)NC(=O)C(C#N)=NNc1cc(Cl)c(Oc2ncnc3c2ncn3C)c(Cl)c1. The molecule has 2 heterocycles. The summed E-state index contributed by atoms with van der Waals surface area (Å²) < 4.78 is 12.0. The molecule has 3 rings (SSSR count). The highest BCUT2D eigenvalue weighted by atomic mass is 35.5. The molecule has 0 unspecified atom stereocenters. The normalized spacial score (nSPS) is 11.0. The quantitative estimate of drug-likeness (QED) is 0.402. The number of nitriles is 1. The molecule has 164 valence electrons. The summed E-state index contributed by atoms with van der Waals surface area (Å²) in [6, 6.07) is 4.37. The van der Waals surface area contributed by atoms with E-state index in [1.165, 1.54) is 18.5 Å².